The van der Waals surface area contributed by atoms with E-state index in [1.54, 1.807) is 11.8 Å². The minimum Gasteiger partial charge on any atom is -0.486 e. The first-order valence-corrected chi connectivity index (χ1v) is 9.57. The molecule has 0 aliphatic carbocycles. The summed E-state index contributed by atoms with van der Waals surface area (Å²) in [6, 6.07) is 5.76. The van der Waals surface area contributed by atoms with Gasteiger partial charge in [0.05, 0.1) is 11.4 Å². The van der Waals surface area contributed by atoms with Gasteiger partial charge in [0.15, 0.2) is 16.6 Å². The molecule has 0 saturated carbocycles. The molecule has 1 aromatic heterocycles. The number of hydrogen-bond acceptors (Lipinski definition) is 6. The monoisotopic (exact) mass is 364 g/mol. The molecule has 1 aromatic carbocycles. The van der Waals surface area contributed by atoms with Crippen LogP contribution in [0, 0.1) is 0 Å². The molecule has 0 unspecified atom stereocenters. The van der Waals surface area contributed by atoms with Gasteiger partial charge >= 0.3 is 0 Å². The van der Waals surface area contributed by atoms with Crippen LogP contribution < -0.4 is 14.8 Å². The van der Waals surface area contributed by atoms with Crippen molar-refractivity contribution in [2.75, 3.05) is 24.3 Å². The molecule has 2 heterocycles. The predicted molar refractivity (Wildman–Crippen MR) is 99.4 cm³/mol. The summed E-state index contributed by atoms with van der Waals surface area (Å²) in [7, 11) is 0. The fourth-order valence-electron chi connectivity index (χ4n) is 2.10. The molecule has 1 aliphatic heterocycles. The maximum atomic E-state index is 12.0. The summed E-state index contributed by atoms with van der Waals surface area (Å²) in [6.07, 6.45) is 0. The molecule has 1 aliphatic rings. The highest BCUT2D eigenvalue weighted by Crippen LogP contribution is 2.35. The molecule has 0 radical (unpaired) electrons. The van der Waals surface area contributed by atoms with Gasteiger partial charge in [-0.3, -0.25) is 4.79 Å². The Hall–Kier alpha value is -1.73. The molecule has 1 amide bonds. The summed E-state index contributed by atoms with van der Waals surface area (Å²) >= 11 is 3.03. The first-order valence-electron chi connectivity index (χ1n) is 7.70. The van der Waals surface area contributed by atoms with E-state index in [0.717, 1.165) is 22.8 Å². The summed E-state index contributed by atoms with van der Waals surface area (Å²) in [5.41, 5.74) is 1.76. The molecule has 24 heavy (non-hydrogen) atoms. The van der Waals surface area contributed by atoms with Crippen LogP contribution in [0.5, 0.6) is 11.5 Å². The molecule has 128 valence electrons. The van der Waals surface area contributed by atoms with E-state index in [2.05, 4.69) is 31.1 Å². The van der Waals surface area contributed by atoms with Crippen molar-refractivity contribution in [3.63, 3.8) is 0 Å². The standard InChI is InChI=1S/C17H20N2O3S2/c1-17(2,3)24-10-15(20)19-16-18-12(9-23-16)11-4-5-13-14(8-11)22-7-6-21-13/h4-5,8-9H,6-7,10H2,1-3H3,(H,18,19,20). The molecule has 0 fully saturated rings. The molecular weight excluding hydrogens is 344 g/mol. The molecule has 0 saturated heterocycles. The number of amides is 1. The summed E-state index contributed by atoms with van der Waals surface area (Å²) < 4.78 is 11.2. The van der Waals surface area contributed by atoms with E-state index in [1.807, 2.05) is 23.6 Å². The van der Waals surface area contributed by atoms with Crippen molar-refractivity contribution in [3.8, 4) is 22.8 Å². The Morgan fingerprint density at radius 2 is 2.04 bits per heavy atom. The number of fused-ring (bicyclic) bond motifs is 1. The molecule has 5 nitrogen and oxygen atoms in total. The quantitative estimate of drug-likeness (QED) is 0.887. The zero-order chi connectivity index (χ0) is 17.2. The minimum absolute atomic E-state index is 0.0296. The second kappa shape index (κ2) is 7.03. The molecule has 0 spiro atoms. The number of benzene rings is 1. The largest absolute Gasteiger partial charge is 0.486 e. The number of nitrogens with zero attached hydrogens (tertiary/aromatic N) is 1. The molecule has 0 bridgehead atoms. The number of rotatable bonds is 4. The fourth-order valence-corrected chi connectivity index (χ4v) is 3.48. The second-order valence-corrected chi connectivity index (χ2v) is 9.01. The van der Waals surface area contributed by atoms with E-state index in [-0.39, 0.29) is 10.7 Å². The van der Waals surface area contributed by atoms with E-state index >= 15 is 0 Å². The summed E-state index contributed by atoms with van der Waals surface area (Å²) in [5.74, 6) is 1.88. The van der Waals surface area contributed by atoms with Crippen molar-refractivity contribution < 1.29 is 14.3 Å². The topological polar surface area (TPSA) is 60.5 Å². The average molecular weight is 364 g/mol. The van der Waals surface area contributed by atoms with Crippen LogP contribution in [0.3, 0.4) is 0 Å². The van der Waals surface area contributed by atoms with E-state index in [1.165, 1.54) is 11.3 Å². The Balaban J connectivity index is 1.66. The number of aromatic nitrogens is 1. The molecular formula is C17H20N2O3S2. The highest BCUT2D eigenvalue weighted by molar-refractivity contribution is 8.01. The SMILES string of the molecule is CC(C)(C)SCC(=O)Nc1nc(-c2ccc3c(c2)OCCO3)cs1. The lowest BCUT2D eigenvalue weighted by Gasteiger charge is -2.18. The maximum Gasteiger partial charge on any atom is 0.236 e. The highest BCUT2D eigenvalue weighted by Gasteiger charge is 2.16. The first-order chi connectivity index (χ1) is 11.4. The van der Waals surface area contributed by atoms with E-state index < -0.39 is 0 Å². The van der Waals surface area contributed by atoms with E-state index in [4.69, 9.17) is 9.47 Å². The zero-order valence-corrected chi connectivity index (χ0v) is 15.6. The van der Waals surface area contributed by atoms with Crippen LogP contribution in [0.2, 0.25) is 0 Å². The van der Waals surface area contributed by atoms with Gasteiger partial charge in [-0.05, 0) is 18.2 Å². The lowest BCUT2D eigenvalue weighted by atomic mass is 10.1. The number of carbonyl (C=O) groups is 1. The van der Waals surface area contributed by atoms with Gasteiger partial charge in [0.2, 0.25) is 5.91 Å². The van der Waals surface area contributed by atoms with Crippen molar-refractivity contribution >= 4 is 34.1 Å². The Morgan fingerprint density at radius 3 is 2.79 bits per heavy atom. The van der Waals surface area contributed by atoms with Gasteiger partial charge in [-0.15, -0.1) is 23.1 Å². The van der Waals surface area contributed by atoms with Gasteiger partial charge in [-0.1, -0.05) is 20.8 Å². The van der Waals surface area contributed by atoms with E-state index in [9.17, 15) is 4.79 Å². The maximum absolute atomic E-state index is 12.0. The molecule has 1 N–H and O–H groups in total. The summed E-state index contributed by atoms with van der Waals surface area (Å²) in [4.78, 5) is 16.5. The predicted octanol–water partition coefficient (Wildman–Crippen LogP) is 4.05. The number of anilines is 1. The van der Waals surface area contributed by atoms with Crippen LogP contribution >= 0.6 is 23.1 Å². The van der Waals surface area contributed by atoms with Gasteiger partial charge in [-0.2, -0.15) is 0 Å². The van der Waals surface area contributed by atoms with Crippen molar-refractivity contribution in [3.05, 3.63) is 23.6 Å². The smallest absolute Gasteiger partial charge is 0.236 e. The van der Waals surface area contributed by atoms with Gasteiger partial charge < -0.3 is 14.8 Å². The normalized spacial score (nSPS) is 13.6. The molecule has 0 atom stereocenters. The van der Waals surface area contributed by atoms with Crippen LogP contribution in [0.1, 0.15) is 20.8 Å². The summed E-state index contributed by atoms with van der Waals surface area (Å²) in [5, 5.41) is 5.40. The van der Waals surface area contributed by atoms with Crippen LogP contribution in [0.4, 0.5) is 5.13 Å². The Morgan fingerprint density at radius 1 is 1.29 bits per heavy atom. The van der Waals surface area contributed by atoms with Crippen molar-refractivity contribution in [2.45, 2.75) is 25.5 Å². The average Bonchev–Trinajstić information content (AvgIpc) is 3.00. The van der Waals surface area contributed by atoms with Gasteiger partial charge in [-0.25, -0.2) is 4.98 Å². The number of thiazole rings is 1. The number of nitrogens with one attached hydrogen (secondary N) is 1. The third-order valence-corrected chi connectivity index (χ3v) is 5.26. The van der Waals surface area contributed by atoms with Crippen molar-refractivity contribution in [1.29, 1.82) is 0 Å². The third kappa shape index (κ3) is 4.42. The Labute approximate surface area is 149 Å². The third-order valence-electron chi connectivity index (χ3n) is 3.22. The van der Waals surface area contributed by atoms with Crippen LogP contribution in [-0.2, 0) is 4.79 Å². The van der Waals surface area contributed by atoms with Crippen LogP contribution in [0.25, 0.3) is 11.3 Å². The lowest BCUT2D eigenvalue weighted by Crippen LogP contribution is -2.18. The van der Waals surface area contributed by atoms with Crippen molar-refractivity contribution in [2.24, 2.45) is 0 Å². The van der Waals surface area contributed by atoms with Gasteiger partial charge in [0.25, 0.3) is 0 Å². The second-order valence-electron chi connectivity index (χ2n) is 6.35. The number of hydrogen-bond donors (Lipinski definition) is 1. The number of thioether (sulfide) groups is 1. The highest BCUT2D eigenvalue weighted by atomic mass is 32.2. The van der Waals surface area contributed by atoms with E-state index in [0.29, 0.717) is 24.1 Å². The number of ether oxygens (including phenoxy) is 2. The van der Waals surface area contributed by atoms with Crippen LogP contribution in [0.15, 0.2) is 23.6 Å². The van der Waals surface area contributed by atoms with Gasteiger partial charge in [0, 0.05) is 15.7 Å². The van der Waals surface area contributed by atoms with Crippen LogP contribution in [-0.4, -0.2) is 34.6 Å². The summed E-state index contributed by atoms with van der Waals surface area (Å²) in [6.45, 7) is 7.41. The Bertz CT molecular complexity index is 738. The molecule has 7 heteroatoms. The molecule has 3 rings (SSSR count). The fraction of sp³-hybridized carbons (Fsp3) is 0.412. The van der Waals surface area contributed by atoms with Gasteiger partial charge in [0.1, 0.15) is 13.2 Å². The lowest BCUT2D eigenvalue weighted by molar-refractivity contribution is -0.113. The first kappa shape index (κ1) is 17.1. The van der Waals surface area contributed by atoms with Crippen molar-refractivity contribution in [1.82, 2.24) is 4.98 Å². The number of carbonyl (C=O) groups excluding carboxylic acids is 1. The molecule has 2 aromatic rings. The minimum atomic E-state index is -0.0296. The Kier molecular flexibility index (Phi) is 5.01. The zero-order valence-electron chi connectivity index (χ0n) is 13.9.